The minimum Gasteiger partial charge on any atom is -0.493 e. The van der Waals surface area contributed by atoms with Crippen molar-refractivity contribution >= 4 is 23.5 Å². The van der Waals surface area contributed by atoms with Gasteiger partial charge in [-0.1, -0.05) is 29.8 Å². The Hall–Kier alpha value is -2.73. The van der Waals surface area contributed by atoms with Crippen molar-refractivity contribution < 1.29 is 23.8 Å². The predicted molar refractivity (Wildman–Crippen MR) is 102 cm³/mol. The Balaban J connectivity index is 1.71. The number of carbonyl (C=O) groups is 2. The molecule has 6 nitrogen and oxygen atoms in total. The summed E-state index contributed by atoms with van der Waals surface area (Å²) in [6.07, 6.45) is 0.709. The highest BCUT2D eigenvalue weighted by Crippen LogP contribution is 2.27. The quantitative estimate of drug-likeness (QED) is 0.665. The molecular formula is C20H22ClNO5. The molecule has 7 heteroatoms. The molecule has 0 atom stereocenters. The third-order valence-corrected chi connectivity index (χ3v) is 4.06. The van der Waals surface area contributed by atoms with Crippen LogP contribution in [0.1, 0.15) is 11.1 Å². The fourth-order valence-electron chi connectivity index (χ4n) is 2.40. The summed E-state index contributed by atoms with van der Waals surface area (Å²) in [6.45, 7) is 0.139. The number of amides is 1. The van der Waals surface area contributed by atoms with Crippen molar-refractivity contribution in [1.82, 2.24) is 5.32 Å². The fourth-order valence-corrected chi connectivity index (χ4v) is 2.53. The van der Waals surface area contributed by atoms with Gasteiger partial charge in [-0.05, 0) is 41.8 Å². The molecule has 2 aromatic rings. The lowest BCUT2D eigenvalue weighted by Crippen LogP contribution is -2.30. The molecule has 0 fully saturated rings. The zero-order valence-electron chi connectivity index (χ0n) is 15.3. The number of esters is 1. The second-order valence-corrected chi connectivity index (χ2v) is 6.19. The van der Waals surface area contributed by atoms with Crippen molar-refractivity contribution in [2.45, 2.75) is 12.8 Å². The second kappa shape index (κ2) is 10.4. The van der Waals surface area contributed by atoms with Crippen molar-refractivity contribution in [3.05, 3.63) is 58.6 Å². The van der Waals surface area contributed by atoms with Gasteiger partial charge in [-0.3, -0.25) is 9.59 Å². The van der Waals surface area contributed by atoms with Crippen molar-refractivity contribution in [3.63, 3.8) is 0 Å². The van der Waals surface area contributed by atoms with Crippen LogP contribution in [-0.2, 0) is 27.2 Å². The molecule has 0 unspecified atom stereocenters. The van der Waals surface area contributed by atoms with Crippen molar-refractivity contribution in [2.75, 3.05) is 27.4 Å². The number of halogens is 1. The summed E-state index contributed by atoms with van der Waals surface area (Å²) in [4.78, 5) is 23.7. The molecule has 2 rings (SSSR count). The van der Waals surface area contributed by atoms with Crippen molar-refractivity contribution in [2.24, 2.45) is 0 Å². The molecule has 0 saturated carbocycles. The second-order valence-electron chi connectivity index (χ2n) is 5.75. The van der Waals surface area contributed by atoms with E-state index in [1.165, 1.54) is 14.2 Å². The summed E-state index contributed by atoms with van der Waals surface area (Å²) in [5.41, 5.74) is 1.77. The lowest BCUT2D eigenvalue weighted by molar-refractivity contribution is -0.147. The summed E-state index contributed by atoms with van der Waals surface area (Å²) in [5, 5.41) is 3.38. The number of hydrogen-bond acceptors (Lipinski definition) is 5. The molecule has 0 radical (unpaired) electrons. The number of nitrogens with one attached hydrogen (secondary N) is 1. The summed E-state index contributed by atoms with van der Waals surface area (Å²) in [5.74, 6) is 0.275. The number of methoxy groups -OCH3 is 2. The first-order valence-electron chi connectivity index (χ1n) is 8.39. The molecule has 27 heavy (non-hydrogen) atoms. The Bertz CT molecular complexity index is 776. The molecular weight excluding hydrogens is 370 g/mol. The van der Waals surface area contributed by atoms with E-state index in [1.807, 2.05) is 12.1 Å². The van der Waals surface area contributed by atoms with E-state index in [1.54, 1.807) is 30.3 Å². The first kappa shape index (κ1) is 20.6. The molecule has 0 aromatic heterocycles. The smallest absolute Gasteiger partial charge is 0.310 e. The average Bonchev–Trinajstić information content (AvgIpc) is 2.67. The Morgan fingerprint density at radius 2 is 1.63 bits per heavy atom. The molecule has 0 aliphatic rings. The predicted octanol–water partition coefficient (Wildman–Crippen LogP) is 2.80. The van der Waals surface area contributed by atoms with Gasteiger partial charge in [-0.15, -0.1) is 0 Å². The number of ether oxygens (including phenoxy) is 3. The fraction of sp³-hybridized carbons (Fsp3) is 0.300. The number of carbonyl (C=O) groups excluding carboxylic acids is 2. The standard InChI is InChI=1S/C20H22ClNO5/c1-25-17-8-5-15(11-18(17)26-2)12-20(24)27-13-19(23)22-10-9-14-3-6-16(21)7-4-14/h3-8,11H,9-10,12-13H2,1-2H3,(H,22,23). The highest BCUT2D eigenvalue weighted by atomic mass is 35.5. The van der Waals surface area contributed by atoms with Crippen LogP contribution in [0.4, 0.5) is 0 Å². The van der Waals surface area contributed by atoms with E-state index in [2.05, 4.69) is 5.32 Å². The molecule has 0 aliphatic carbocycles. The number of benzene rings is 2. The largest absolute Gasteiger partial charge is 0.493 e. The van der Waals surface area contributed by atoms with E-state index in [9.17, 15) is 9.59 Å². The van der Waals surface area contributed by atoms with Gasteiger partial charge in [0.15, 0.2) is 18.1 Å². The van der Waals surface area contributed by atoms with Crippen molar-refractivity contribution in [1.29, 1.82) is 0 Å². The average molecular weight is 392 g/mol. The normalized spacial score (nSPS) is 10.2. The number of hydrogen-bond donors (Lipinski definition) is 1. The molecule has 1 N–H and O–H groups in total. The zero-order chi connectivity index (χ0) is 19.6. The van der Waals surface area contributed by atoms with Gasteiger partial charge in [0.1, 0.15) is 0 Å². The highest BCUT2D eigenvalue weighted by Gasteiger charge is 2.11. The van der Waals surface area contributed by atoms with Crippen LogP contribution in [0.2, 0.25) is 5.02 Å². The van der Waals surface area contributed by atoms with E-state index in [-0.39, 0.29) is 18.9 Å². The van der Waals surface area contributed by atoms with Crippen LogP contribution in [0.15, 0.2) is 42.5 Å². The minimum absolute atomic E-state index is 0.0401. The van der Waals surface area contributed by atoms with E-state index >= 15 is 0 Å². The highest BCUT2D eigenvalue weighted by molar-refractivity contribution is 6.30. The first-order chi connectivity index (χ1) is 13.0. The Morgan fingerprint density at radius 3 is 2.30 bits per heavy atom. The van der Waals surface area contributed by atoms with E-state index < -0.39 is 5.97 Å². The van der Waals surface area contributed by atoms with Gasteiger partial charge in [-0.25, -0.2) is 0 Å². The maximum atomic E-state index is 11.9. The topological polar surface area (TPSA) is 73.9 Å². The van der Waals surface area contributed by atoms with Crippen LogP contribution in [0.3, 0.4) is 0 Å². The third kappa shape index (κ3) is 6.83. The Labute approximate surface area is 163 Å². The summed E-state index contributed by atoms with van der Waals surface area (Å²) >= 11 is 5.83. The molecule has 0 aliphatic heterocycles. The van der Waals surface area contributed by atoms with Gasteiger partial charge >= 0.3 is 5.97 Å². The zero-order valence-corrected chi connectivity index (χ0v) is 16.0. The van der Waals surface area contributed by atoms with Gasteiger partial charge in [-0.2, -0.15) is 0 Å². The first-order valence-corrected chi connectivity index (χ1v) is 8.77. The van der Waals surface area contributed by atoms with Gasteiger partial charge in [0.2, 0.25) is 0 Å². The monoisotopic (exact) mass is 391 g/mol. The van der Waals surface area contributed by atoms with Crippen molar-refractivity contribution in [3.8, 4) is 11.5 Å². The molecule has 144 valence electrons. The lowest BCUT2D eigenvalue weighted by Gasteiger charge is -2.10. The van der Waals surface area contributed by atoms with Crippen LogP contribution < -0.4 is 14.8 Å². The maximum Gasteiger partial charge on any atom is 0.310 e. The van der Waals surface area contributed by atoms with E-state index in [4.69, 9.17) is 25.8 Å². The Kier molecular flexibility index (Phi) is 7.95. The van der Waals surface area contributed by atoms with Crippen LogP contribution in [-0.4, -0.2) is 39.2 Å². The summed E-state index contributed by atoms with van der Waals surface area (Å²) in [6, 6.07) is 12.6. The van der Waals surface area contributed by atoms with Gasteiger partial charge in [0, 0.05) is 11.6 Å². The van der Waals surface area contributed by atoms with E-state index in [0.29, 0.717) is 35.1 Å². The molecule has 1 amide bonds. The van der Waals surface area contributed by atoms with Gasteiger partial charge < -0.3 is 19.5 Å². The van der Waals surface area contributed by atoms with Crippen LogP contribution in [0.25, 0.3) is 0 Å². The van der Waals surface area contributed by atoms with Gasteiger partial charge in [0.25, 0.3) is 5.91 Å². The molecule has 0 spiro atoms. The molecule has 0 bridgehead atoms. The SMILES string of the molecule is COc1ccc(CC(=O)OCC(=O)NCCc2ccc(Cl)cc2)cc1OC. The number of rotatable bonds is 9. The summed E-state index contributed by atoms with van der Waals surface area (Å²) in [7, 11) is 3.06. The van der Waals surface area contributed by atoms with Crippen LogP contribution in [0, 0.1) is 0 Å². The molecule has 0 heterocycles. The lowest BCUT2D eigenvalue weighted by atomic mass is 10.1. The van der Waals surface area contributed by atoms with E-state index in [0.717, 1.165) is 5.56 Å². The minimum atomic E-state index is -0.491. The molecule has 0 saturated heterocycles. The molecule has 2 aromatic carbocycles. The van der Waals surface area contributed by atoms with Gasteiger partial charge in [0.05, 0.1) is 20.6 Å². The third-order valence-electron chi connectivity index (χ3n) is 3.81. The Morgan fingerprint density at radius 1 is 0.963 bits per heavy atom. The summed E-state index contributed by atoms with van der Waals surface area (Å²) < 4.78 is 15.4. The van der Waals surface area contributed by atoms with Crippen LogP contribution in [0.5, 0.6) is 11.5 Å². The maximum absolute atomic E-state index is 11.9. The van der Waals surface area contributed by atoms with Crippen LogP contribution >= 0.6 is 11.6 Å².